The Labute approximate surface area is 141 Å². The molecule has 0 radical (unpaired) electrons. The molecule has 0 aliphatic rings. The first-order valence-electron chi connectivity index (χ1n) is 7.03. The highest BCUT2D eigenvalue weighted by Crippen LogP contribution is 2.27. The topological polar surface area (TPSA) is 113 Å². The molecule has 0 fully saturated rings. The van der Waals surface area contributed by atoms with Crippen LogP contribution in [0.4, 0.5) is 16.5 Å². The second-order valence-electron chi connectivity index (χ2n) is 4.79. The summed E-state index contributed by atoms with van der Waals surface area (Å²) in [4.78, 5) is 28.8. The summed E-state index contributed by atoms with van der Waals surface area (Å²) in [6.07, 6.45) is 4.64. The van der Waals surface area contributed by atoms with Crippen LogP contribution in [0.25, 0.3) is 0 Å². The lowest BCUT2D eigenvalue weighted by atomic mass is 10.3. The minimum Gasteiger partial charge on any atom is -0.390 e. The summed E-state index contributed by atoms with van der Waals surface area (Å²) in [5.41, 5.74) is 1.40. The lowest BCUT2D eigenvalue weighted by molar-refractivity contribution is 0.102. The predicted molar refractivity (Wildman–Crippen MR) is 90.3 cm³/mol. The molecule has 0 unspecified atom stereocenters. The summed E-state index contributed by atoms with van der Waals surface area (Å²) in [5, 5.41) is 16.2. The number of pyridine rings is 1. The van der Waals surface area contributed by atoms with Crippen molar-refractivity contribution in [2.75, 3.05) is 10.6 Å². The van der Waals surface area contributed by atoms with Gasteiger partial charge in [-0.1, -0.05) is 6.07 Å². The summed E-state index contributed by atoms with van der Waals surface area (Å²) in [6.45, 7) is 1.62. The largest absolute Gasteiger partial charge is 0.390 e. The van der Waals surface area contributed by atoms with Crippen molar-refractivity contribution in [3.8, 4) is 0 Å². The number of aliphatic hydroxyl groups is 1. The zero-order valence-corrected chi connectivity index (χ0v) is 13.5. The van der Waals surface area contributed by atoms with E-state index in [0.717, 1.165) is 5.01 Å². The normalized spacial score (nSPS) is 10.4. The van der Waals surface area contributed by atoms with E-state index in [1.54, 1.807) is 30.6 Å². The van der Waals surface area contributed by atoms with Crippen molar-refractivity contribution < 1.29 is 9.90 Å². The minimum absolute atomic E-state index is 0.194. The molecular formula is C15H14N6O2S. The Morgan fingerprint density at radius 1 is 1.25 bits per heavy atom. The van der Waals surface area contributed by atoms with Crippen molar-refractivity contribution in [2.24, 2.45) is 0 Å². The van der Waals surface area contributed by atoms with Crippen LogP contribution in [0.1, 0.15) is 21.2 Å². The molecule has 0 aromatic carbocycles. The number of aromatic nitrogens is 4. The predicted octanol–water partition coefficient (Wildman–Crippen LogP) is 2.12. The molecule has 0 aliphatic heterocycles. The third-order valence-electron chi connectivity index (χ3n) is 2.98. The summed E-state index contributed by atoms with van der Waals surface area (Å²) < 4.78 is 0. The number of nitrogens with one attached hydrogen (secondary N) is 2. The van der Waals surface area contributed by atoms with E-state index in [1.165, 1.54) is 17.7 Å². The standard InChI is InChI=1S/C15H14N6O2S/c1-9-18-13(15(24-9)20-11-5-16-8-17-6-11)14(23)21-12-4-2-3-10(7-22)19-12/h2-6,8,20,22H,7H2,1H3,(H,19,21,23). The highest BCUT2D eigenvalue weighted by molar-refractivity contribution is 7.16. The van der Waals surface area contributed by atoms with E-state index in [0.29, 0.717) is 22.2 Å². The van der Waals surface area contributed by atoms with E-state index in [1.807, 2.05) is 6.92 Å². The third kappa shape index (κ3) is 3.70. The van der Waals surface area contributed by atoms with E-state index >= 15 is 0 Å². The molecule has 0 atom stereocenters. The number of amides is 1. The SMILES string of the molecule is Cc1nc(C(=O)Nc2cccc(CO)n2)c(Nc2cncnc2)s1. The van der Waals surface area contributed by atoms with Crippen molar-refractivity contribution >= 4 is 33.8 Å². The van der Waals surface area contributed by atoms with Crippen molar-refractivity contribution in [3.05, 3.63) is 53.3 Å². The van der Waals surface area contributed by atoms with Gasteiger partial charge >= 0.3 is 0 Å². The minimum atomic E-state index is -0.388. The maximum Gasteiger partial charge on any atom is 0.278 e. The molecule has 8 nitrogen and oxygen atoms in total. The zero-order valence-electron chi connectivity index (χ0n) is 12.7. The van der Waals surface area contributed by atoms with Crippen LogP contribution in [0.3, 0.4) is 0 Å². The molecule has 24 heavy (non-hydrogen) atoms. The summed E-state index contributed by atoms with van der Waals surface area (Å²) in [7, 11) is 0. The molecule has 1 amide bonds. The molecule has 0 bridgehead atoms. The molecule has 9 heteroatoms. The Kier molecular flexibility index (Phi) is 4.73. The maximum atomic E-state index is 12.5. The molecule has 3 heterocycles. The number of carbonyl (C=O) groups excluding carboxylic acids is 1. The first kappa shape index (κ1) is 16.0. The second kappa shape index (κ2) is 7.11. The number of aryl methyl sites for hydroxylation is 1. The molecule has 0 aliphatic carbocycles. The van der Waals surface area contributed by atoms with Crippen molar-refractivity contribution in [2.45, 2.75) is 13.5 Å². The van der Waals surface area contributed by atoms with E-state index in [2.05, 4.69) is 30.6 Å². The van der Waals surface area contributed by atoms with Crippen molar-refractivity contribution in [1.82, 2.24) is 19.9 Å². The zero-order chi connectivity index (χ0) is 16.9. The Morgan fingerprint density at radius 2 is 2.04 bits per heavy atom. The van der Waals surface area contributed by atoms with Crippen LogP contribution >= 0.6 is 11.3 Å². The van der Waals surface area contributed by atoms with Crippen LogP contribution in [0.2, 0.25) is 0 Å². The third-order valence-corrected chi connectivity index (χ3v) is 3.86. The first-order chi connectivity index (χ1) is 11.7. The number of anilines is 3. The summed E-state index contributed by atoms with van der Waals surface area (Å²) in [5.74, 6) is -0.0347. The number of aliphatic hydroxyl groups excluding tert-OH is 1. The fourth-order valence-corrected chi connectivity index (χ4v) is 2.81. The van der Waals surface area contributed by atoms with E-state index in [4.69, 9.17) is 5.11 Å². The Bertz CT molecular complexity index is 852. The average Bonchev–Trinajstić information content (AvgIpc) is 2.96. The molecule has 3 rings (SSSR count). The molecule has 3 aromatic heterocycles. The van der Waals surface area contributed by atoms with Crippen LogP contribution in [0.15, 0.2) is 36.9 Å². The van der Waals surface area contributed by atoms with E-state index in [9.17, 15) is 4.79 Å². The van der Waals surface area contributed by atoms with Crippen LogP contribution in [-0.4, -0.2) is 30.9 Å². The lowest BCUT2D eigenvalue weighted by Crippen LogP contribution is -2.15. The highest BCUT2D eigenvalue weighted by Gasteiger charge is 2.18. The van der Waals surface area contributed by atoms with Gasteiger partial charge in [-0.25, -0.2) is 19.9 Å². The van der Waals surface area contributed by atoms with Gasteiger partial charge in [0.1, 0.15) is 17.1 Å². The smallest absolute Gasteiger partial charge is 0.278 e. The lowest BCUT2D eigenvalue weighted by Gasteiger charge is -2.07. The van der Waals surface area contributed by atoms with E-state index < -0.39 is 0 Å². The van der Waals surface area contributed by atoms with Crippen LogP contribution in [-0.2, 0) is 6.61 Å². The molecular weight excluding hydrogens is 328 g/mol. The van der Waals surface area contributed by atoms with Gasteiger partial charge in [0.2, 0.25) is 0 Å². The molecule has 0 saturated carbocycles. The van der Waals surface area contributed by atoms with Crippen molar-refractivity contribution in [3.63, 3.8) is 0 Å². The maximum absolute atomic E-state index is 12.5. The van der Waals surface area contributed by atoms with Gasteiger partial charge in [-0.3, -0.25) is 4.79 Å². The van der Waals surface area contributed by atoms with Gasteiger partial charge in [-0.15, -0.1) is 11.3 Å². The molecule has 3 aromatic rings. The van der Waals surface area contributed by atoms with Crippen LogP contribution in [0, 0.1) is 6.92 Å². The van der Waals surface area contributed by atoms with Gasteiger partial charge in [0.05, 0.1) is 35.4 Å². The van der Waals surface area contributed by atoms with Gasteiger partial charge in [-0.05, 0) is 19.1 Å². The Hall–Kier alpha value is -2.91. The van der Waals surface area contributed by atoms with Crippen molar-refractivity contribution in [1.29, 1.82) is 0 Å². The Balaban J connectivity index is 1.82. The van der Waals surface area contributed by atoms with Crippen LogP contribution < -0.4 is 10.6 Å². The molecule has 122 valence electrons. The van der Waals surface area contributed by atoms with Gasteiger partial charge in [-0.2, -0.15) is 0 Å². The van der Waals surface area contributed by atoms with Gasteiger partial charge < -0.3 is 15.7 Å². The van der Waals surface area contributed by atoms with Gasteiger partial charge in [0.25, 0.3) is 5.91 Å². The molecule has 3 N–H and O–H groups in total. The Morgan fingerprint density at radius 3 is 2.79 bits per heavy atom. The fourth-order valence-electron chi connectivity index (χ4n) is 1.97. The molecule has 0 saturated heterocycles. The quantitative estimate of drug-likeness (QED) is 0.651. The highest BCUT2D eigenvalue weighted by atomic mass is 32.1. The fraction of sp³-hybridized carbons (Fsp3) is 0.133. The number of carbonyl (C=O) groups is 1. The number of hydrogen-bond donors (Lipinski definition) is 3. The number of hydrogen-bond acceptors (Lipinski definition) is 8. The average molecular weight is 342 g/mol. The monoisotopic (exact) mass is 342 g/mol. The van der Waals surface area contributed by atoms with Crippen LogP contribution in [0.5, 0.6) is 0 Å². The first-order valence-corrected chi connectivity index (χ1v) is 7.85. The summed E-state index contributed by atoms with van der Waals surface area (Å²) >= 11 is 1.36. The second-order valence-corrected chi connectivity index (χ2v) is 5.99. The van der Waals surface area contributed by atoms with E-state index in [-0.39, 0.29) is 18.2 Å². The molecule has 0 spiro atoms. The summed E-state index contributed by atoms with van der Waals surface area (Å²) in [6, 6.07) is 5.03. The number of rotatable bonds is 5. The number of thiazole rings is 1. The van der Waals surface area contributed by atoms with Gasteiger partial charge in [0, 0.05) is 0 Å². The number of nitrogens with zero attached hydrogens (tertiary/aromatic N) is 4. The van der Waals surface area contributed by atoms with Gasteiger partial charge in [0.15, 0.2) is 5.69 Å².